The van der Waals surface area contributed by atoms with Crippen molar-refractivity contribution in [1.29, 1.82) is 0 Å². The van der Waals surface area contributed by atoms with Crippen molar-refractivity contribution in [1.82, 2.24) is 9.97 Å². The molecule has 0 aliphatic heterocycles. The molecule has 7 heteroatoms. The lowest BCUT2D eigenvalue weighted by Crippen LogP contribution is -2.28. The predicted octanol–water partition coefficient (Wildman–Crippen LogP) is 3.06. The molecule has 2 N–H and O–H groups in total. The van der Waals surface area contributed by atoms with Crippen molar-refractivity contribution in [2.45, 2.75) is 4.83 Å². The lowest BCUT2D eigenvalue weighted by molar-refractivity contribution is 0.537. The maximum Gasteiger partial charge on any atom is 0.314 e. The molecule has 1 unspecified atom stereocenters. The Morgan fingerprint density at radius 2 is 1.75 bits per heavy atom. The highest BCUT2D eigenvalue weighted by Gasteiger charge is 2.16. The summed E-state index contributed by atoms with van der Waals surface area (Å²) < 4.78 is 5.86. The average molecular weight is 400 g/mol. The minimum Gasteiger partial charge on any atom is -0.457 e. The van der Waals surface area contributed by atoms with E-state index in [1.54, 1.807) is 12.3 Å². The van der Waals surface area contributed by atoms with Gasteiger partial charge in [0.05, 0.1) is 22.1 Å². The maximum atomic E-state index is 11.4. The Morgan fingerprint density at radius 1 is 1.05 bits per heavy atom. The van der Waals surface area contributed by atoms with Crippen LogP contribution in [0.4, 0.5) is 0 Å². The van der Waals surface area contributed by atoms with E-state index in [1.165, 1.54) is 0 Å². The number of aromatic amines is 2. The van der Waals surface area contributed by atoms with Gasteiger partial charge < -0.3 is 14.4 Å². The van der Waals surface area contributed by atoms with Crippen molar-refractivity contribution in [3.8, 4) is 0 Å². The van der Waals surface area contributed by atoms with Gasteiger partial charge in [0.1, 0.15) is 0 Å². The van der Waals surface area contributed by atoms with Crippen LogP contribution in [0.1, 0.15) is 16.0 Å². The highest BCUT2D eigenvalue weighted by Crippen LogP contribution is 2.36. The zero-order chi connectivity index (χ0) is 14.3. The van der Waals surface area contributed by atoms with Gasteiger partial charge in [-0.25, -0.2) is 0 Å². The summed E-state index contributed by atoms with van der Waals surface area (Å²) in [4.78, 5) is 27.6. The first kappa shape index (κ1) is 13.4. The number of fused-ring (bicyclic) bond motifs is 1. The van der Waals surface area contributed by atoms with Gasteiger partial charge in [-0.2, -0.15) is 0 Å². The molecule has 0 aliphatic rings. The number of benzene rings is 1. The van der Waals surface area contributed by atoms with Gasteiger partial charge in [0.15, 0.2) is 4.67 Å². The lowest BCUT2D eigenvalue weighted by atomic mass is 10.1. The fourth-order valence-electron chi connectivity index (χ4n) is 1.95. The molecule has 0 fully saturated rings. The summed E-state index contributed by atoms with van der Waals surface area (Å²) in [6.45, 7) is 0. The Labute approximate surface area is 129 Å². The summed E-state index contributed by atoms with van der Waals surface area (Å²) in [5, 5.41) is 0. The minimum absolute atomic E-state index is 0.0875. The first-order valence-corrected chi connectivity index (χ1v) is 7.40. The Morgan fingerprint density at radius 3 is 2.40 bits per heavy atom. The summed E-state index contributed by atoms with van der Waals surface area (Å²) in [5.74, 6) is 0. The van der Waals surface area contributed by atoms with Crippen LogP contribution in [0.5, 0.6) is 0 Å². The third kappa shape index (κ3) is 2.27. The number of hydrogen-bond acceptors (Lipinski definition) is 3. The second-order valence-corrected chi connectivity index (χ2v) is 5.86. The van der Waals surface area contributed by atoms with E-state index in [1.807, 2.05) is 18.2 Å². The molecule has 5 nitrogen and oxygen atoms in total. The number of furan rings is 1. The van der Waals surface area contributed by atoms with Crippen molar-refractivity contribution in [2.24, 2.45) is 0 Å². The summed E-state index contributed by atoms with van der Waals surface area (Å²) >= 11 is 6.92. The summed E-state index contributed by atoms with van der Waals surface area (Å²) in [5.41, 5.74) is 1.72. The van der Waals surface area contributed by atoms with E-state index in [0.29, 0.717) is 15.7 Å². The van der Waals surface area contributed by atoms with Crippen LogP contribution < -0.4 is 11.1 Å². The fourth-order valence-corrected chi connectivity index (χ4v) is 3.38. The Bertz CT molecular complexity index is 894. The molecule has 2 aromatic heterocycles. The molecule has 0 radical (unpaired) electrons. The summed E-state index contributed by atoms with van der Waals surface area (Å²) in [6, 6.07) is 7.29. The van der Waals surface area contributed by atoms with Crippen molar-refractivity contribution in [3.63, 3.8) is 0 Å². The van der Waals surface area contributed by atoms with Gasteiger partial charge in [-0.3, -0.25) is 9.59 Å². The van der Waals surface area contributed by atoms with E-state index < -0.39 is 11.1 Å². The minimum atomic E-state index is -0.662. The van der Waals surface area contributed by atoms with Crippen LogP contribution in [-0.4, -0.2) is 9.97 Å². The van der Waals surface area contributed by atoms with Gasteiger partial charge in [0, 0.05) is 5.56 Å². The van der Waals surface area contributed by atoms with Gasteiger partial charge in [0.25, 0.3) is 0 Å². The molecule has 3 rings (SSSR count). The van der Waals surface area contributed by atoms with Crippen molar-refractivity contribution in [3.05, 3.63) is 67.0 Å². The molecule has 2 heterocycles. The van der Waals surface area contributed by atoms with Crippen LogP contribution >= 0.6 is 31.9 Å². The average Bonchev–Trinajstić information content (AvgIpc) is 2.85. The number of H-pyrrole nitrogens is 2. The quantitative estimate of drug-likeness (QED) is 0.513. The van der Waals surface area contributed by atoms with Crippen molar-refractivity contribution < 1.29 is 4.42 Å². The Balaban J connectivity index is 2.14. The van der Waals surface area contributed by atoms with Gasteiger partial charge in [-0.05, 0) is 39.7 Å². The van der Waals surface area contributed by atoms with E-state index in [-0.39, 0.29) is 4.83 Å². The van der Waals surface area contributed by atoms with Gasteiger partial charge in [-0.1, -0.05) is 22.0 Å². The second-order valence-electron chi connectivity index (χ2n) is 4.23. The first-order valence-electron chi connectivity index (χ1n) is 5.69. The molecule has 3 aromatic rings. The van der Waals surface area contributed by atoms with Gasteiger partial charge >= 0.3 is 11.1 Å². The summed E-state index contributed by atoms with van der Waals surface area (Å²) in [6.07, 6.45) is 1.59. The number of halogens is 2. The zero-order valence-electron chi connectivity index (χ0n) is 9.94. The molecule has 0 amide bonds. The molecule has 0 spiro atoms. The van der Waals surface area contributed by atoms with Crippen molar-refractivity contribution in [2.75, 3.05) is 0 Å². The van der Waals surface area contributed by atoms with Crippen LogP contribution in [0, 0.1) is 0 Å². The normalized spacial score (nSPS) is 12.7. The molecular weight excluding hydrogens is 392 g/mol. The fraction of sp³-hybridized carbons (Fsp3) is 0.0769. The van der Waals surface area contributed by atoms with Crippen LogP contribution in [0.3, 0.4) is 0 Å². The number of aromatic nitrogens is 2. The van der Waals surface area contributed by atoms with Crippen LogP contribution in [0.2, 0.25) is 0 Å². The van der Waals surface area contributed by atoms with E-state index in [9.17, 15) is 9.59 Å². The third-order valence-electron chi connectivity index (χ3n) is 2.96. The molecule has 20 heavy (non-hydrogen) atoms. The molecule has 102 valence electrons. The number of rotatable bonds is 2. The van der Waals surface area contributed by atoms with Gasteiger partial charge in [0.2, 0.25) is 0 Å². The predicted molar refractivity (Wildman–Crippen MR) is 82.4 cm³/mol. The largest absolute Gasteiger partial charge is 0.457 e. The van der Waals surface area contributed by atoms with Crippen LogP contribution in [0.15, 0.2) is 49.2 Å². The highest BCUT2D eigenvalue weighted by atomic mass is 79.9. The van der Waals surface area contributed by atoms with E-state index in [0.717, 1.165) is 11.1 Å². The standard InChI is InChI=1S/C13H8Br2N2O3/c14-10(7-3-4-20-11(7)15)6-1-2-8-9(5-6)17-13(19)12(18)16-8/h1-5,10H,(H,16,18)(H,17,19). The van der Waals surface area contributed by atoms with Crippen LogP contribution in [0.25, 0.3) is 11.0 Å². The lowest BCUT2D eigenvalue weighted by Gasteiger charge is -2.09. The molecule has 0 aliphatic carbocycles. The number of nitrogens with one attached hydrogen (secondary N) is 2. The Kier molecular flexibility index (Phi) is 3.39. The van der Waals surface area contributed by atoms with E-state index in [4.69, 9.17) is 4.42 Å². The Hall–Kier alpha value is -1.60. The van der Waals surface area contributed by atoms with Crippen molar-refractivity contribution >= 4 is 42.9 Å². The zero-order valence-corrected chi connectivity index (χ0v) is 13.1. The van der Waals surface area contributed by atoms with E-state index in [2.05, 4.69) is 41.8 Å². The topological polar surface area (TPSA) is 78.9 Å². The molecule has 1 aromatic carbocycles. The maximum absolute atomic E-state index is 11.4. The van der Waals surface area contributed by atoms with Crippen LogP contribution in [-0.2, 0) is 0 Å². The third-order valence-corrected chi connectivity index (χ3v) is 4.62. The summed E-state index contributed by atoms with van der Waals surface area (Å²) in [7, 11) is 0. The first-order chi connectivity index (χ1) is 9.56. The number of alkyl halides is 1. The smallest absolute Gasteiger partial charge is 0.314 e. The monoisotopic (exact) mass is 398 g/mol. The molecule has 0 saturated carbocycles. The second kappa shape index (κ2) is 5.06. The van der Waals surface area contributed by atoms with Gasteiger partial charge in [-0.15, -0.1) is 0 Å². The number of hydrogen-bond donors (Lipinski definition) is 2. The SMILES string of the molecule is O=c1[nH]c2ccc(C(Br)c3ccoc3Br)cc2[nH]c1=O. The molecule has 0 bridgehead atoms. The molecule has 0 saturated heterocycles. The highest BCUT2D eigenvalue weighted by molar-refractivity contribution is 9.10. The molecule has 1 atom stereocenters. The van der Waals surface area contributed by atoms with E-state index >= 15 is 0 Å². The molecular formula is C13H8Br2N2O3.